The molecular weight excluding hydrogens is 337 g/mol. The summed E-state index contributed by atoms with van der Waals surface area (Å²) in [4.78, 5) is 0. The van der Waals surface area contributed by atoms with Crippen LogP contribution in [0.5, 0.6) is 0 Å². The van der Waals surface area contributed by atoms with E-state index in [1.54, 1.807) is 0 Å². The van der Waals surface area contributed by atoms with Gasteiger partial charge in [-0.1, -0.05) is 36.4 Å². The van der Waals surface area contributed by atoms with E-state index < -0.39 is 0 Å². The predicted octanol–water partition coefficient (Wildman–Crippen LogP) is 4.03. The molecule has 2 aromatic carbocycles. The summed E-state index contributed by atoms with van der Waals surface area (Å²) in [6.45, 7) is 12.4. The zero-order valence-corrected chi connectivity index (χ0v) is 16.4. The summed E-state index contributed by atoms with van der Waals surface area (Å²) in [6, 6.07) is 12.8. The Balaban J connectivity index is 0.00000288. The molecule has 2 aromatic rings. The number of hydrogen-bond acceptors (Lipinski definition) is 3. The predicted molar refractivity (Wildman–Crippen MR) is 102 cm³/mol. The maximum absolute atomic E-state index is 3.53. The van der Waals surface area contributed by atoms with Gasteiger partial charge in [-0.2, -0.15) is 0 Å². The van der Waals surface area contributed by atoms with E-state index in [1.165, 1.54) is 33.6 Å². The molecule has 0 saturated heterocycles. The standard InChI is InChI=1S/C20H29N3.Mn/c1-15-7-5-8-16(2)19(15)22-13-11-21-12-14-23-20-17(3)9-6-10-18(20)4;/h5-10,21-23H,11-14H2,1-4H3;. The van der Waals surface area contributed by atoms with Crippen LogP contribution >= 0.6 is 0 Å². The van der Waals surface area contributed by atoms with Crippen LogP contribution in [0, 0.1) is 27.7 Å². The molecule has 0 heterocycles. The summed E-state index contributed by atoms with van der Waals surface area (Å²) in [6.07, 6.45) is 0. The molecule has 0 aliphatic heterocycles. The quantitative estimate of drug-likeness (QED) is 0.488. The van der Waals surface area contributed by atoms with E-state index in [0.29, 0.717) is 0 Å². The average Bonchev–Trinajstić information content (AvgIpc) is 2.51. The van der Waals surface area contributed by atoms with Crippen molar-refractivity contribution in [1.82, 2.24) is 5.32 Å². The largest absolute Gasteiger partial charge is 0.383 e. The zero-order valence-electron chi connectivity index (χ0n) is 15.2. The molecular formula is C20H29MnN3. The fourth-order valence-electron chi connectivity index (χ4n) is 2.86. The van der Waals surface area contributed by atoms with Gasteiger partial charge in [0.2, 0.25) is 0 Å². The molecule has 0 aromatic heterocycles. The van der Waals surface area contributed by atoms with Crippen molar-refractivity contribution in [1.29, 1.82) is 0 Å². The zero-order chi connectivity index (χ0) is 16.7. The van der Waals surface area contributed by atoms with Crippen molar-refractivity contribution >= 4 is 11.4 Å². The number of aryl methyl sites for hydroxylation is 4. The summed E-state index contributed by atoms with van der Waals surface area (Å²) in [5.74, 6) is 0. The van der Waals surface area contributed by atoms with Gasteiger partial charge in [0.15, 0.2) is 0 Å². The van der Waals surface area contributed by atoms with Gasteiger partial charge in [-0.15, -0.1) is 0 Å². The molecule has 0 aliphatic rings. The van der Waals surface area contributed by atoms with Crippen LogP contribution in [0.15, 0.2) is 36.4 Å². The SMILES string of the molecule is Cc1cccc(C)c1NCCNCCNc1c(C)cccc1C.[Mn]. The van der Waals surface area contributed by atoms with Gasteiger partial charge in [-0.25, -0.2) is 0 Å². The molecule has 1 radical (unpaired) electrons. The third kappa shape index (κ3) is 5.86. The first-order valence-corrected chi connectivity index (χ1v) is 8.40. The normalized spacial score (nSPS) is 10.2. The van der Waals surface area contributed by atoms with Crippen molar-refractivity contribution < 1.29 is 17.1 Å². The number of nitrogens with one attached hydrogen (secondary N) is 3. The van der Waals surface area contributed by atoms with E-state index in [9.17, 15) is 0 Å². The summed E-state index contributed by atoms with van der Waals surface area (Å²) in [7, 11) is 0. The first-order valence-electron chi connectivity index (χ1n) is 8.40. The Morgan fingerprint density at radius 2 is 0.917 bits per heavy atom. The van der Waals surface area contributed by atoms with Gasteiger partial charge in [0, 0.05) is 54.6 Å². The molecule has 0 saturated carbocycles. The Kier molecular flexibility index (Phi) is 8.91. The van der Waals surface area contributed by atoms with Crippen LogP contribution in [-0.4, -0.2) is 26.2 Å². The van der Waals surface area contributed by atoms with Gasteiger partial charge < -0.3 is 16.0 Å². The van der Waals surface area contributed by atoms with Gasteiger partial charge in [0.05, 0.1) is 0 Å². The molecule has 131 valence electrons. The maximum Gasteiger partial charge on any atom is 0.0400 e. The van der Waals surface area contributed by atoms with Crippen molar-refractivity contribution in [3.05, 3.63) is 58.7 Å². The average molecular weight is 366 g/mol. The summed E-state index contributed by atoms with van der Waals surface area (Å²) in [5.41, 5.74) is 7.76. The topological polar surface area (TPSA) is 36.1 Å². The molecule has 0 atom stereocenters. The van der Waals surface area contributed by atoms with Crippen molar-refractivity contribution in [3.63, 3.8) is 0 Å². The Labute approximate surface area is 157 Å². The van der Waals surface area contributed by atoms with Crippen molar-refractivity contribution in [2.45, 2.75) is 27.7 Å². The second-order valence-corrected chi connectivity index (χ2v) is 6.14. The smallest absolute Gasteiger partial charge is 0.0400 e. The first-order chi connectivity index (χ1) is 11.1. The molecule has 0 fully saturated rings. The fraction of sp³-hybridized carbons (Fsp3) is 0.400. The van der Waals surface area contributed by atoms with E-state index in [2.05, 4.69) is 80.0 Å². The van der Waals surface area contributed by atoms with Crippen LogP contribution in [0.25, 0.3) is 0 Å². The molecule has 24 heavy (non-hydrogen) atoms. The first kappa shape index (κ1) is 20.6. The van der Waals surface area contributed by atoms with Crippen LogP contribution in [-0.2, 0) is 17.1 Å². The molecule has 0 aliphatic carbocycles. The maximum atomic E-state index is 3.53. The molecule has 0 unspecified atom stereocenters. The monoisotopic (exact) mass is 366 g/mol. The third-order valence-electron chi connectivity index (χ3n) is 4.17. The summed E-state index contributed by atoms with van der Waals surface area (Å²) < 4.78 is 0. The number of hydrogen-bond donors (Lipinski definition) is 3. The van der Waals surface area contributed by atoms with Crippen LogP contribution in [0.2, 0.25) is 0 Å². The van der Waals surface area contributed by atoms with Gasteiger partial charge in [-0.05, 0) is 49.9 Å². The number of benzene rings is 2. The Bertz CT molecular complexity index is 545. The van der Waals surface area contributed by atoms with Gasteiger partial charge in [0.25, 0.3) is 0 Å². The second-order valence-electron chi connectivity index (χ2n) is 6.14. The van der Waals surface area contributed by atoms with E-state index >= 15 is 0 Å². The molecule has 2 rings (SSSR count). The molecule has 0 spiro atoms. The molecule has 4 heteroatoms. The Hall–Kier alpha value is -1.48. The number of anilines is 2. The molecule has 0 amide bonds. The Morgan fingerprint density at radius 3 is 1.25 bits per heavy atom. The van der Waals surface area contributed by atoms with E-state index in [4.69, 9.17) is 0 Å². The van der Waals surface area contributed by atoms with E-state index in [0.717, 1.165) is 26.2 Å². The van der Waals surface area contributed by atoms with Crippen LogP contribution < -0.4 is 16.0 Å². The van der Waals surface area contributed by atoms with Gasteiger partial charge >= 0.3 is 0 Å². The minimum absolute atomic E-state index is 0. The fourth-order valence-corrected chi connectivity index (χ4v) is 2.86. The summed E-state index contributed by atoms with van der Waals surface area (Å²) in [5, 5.41) is 10.5. The van der Waals surface area contributed by atoms with Crippen molar-refractivity contribution in [3.8, 4) is 0 Å². The van der Waals surface area contributed by atoms with E-state index in [-0.39, 0.29) is 17.1 Å². The minimum Gasteiger partial charge on any atom is -0.383 e. The van der Waals surface area contributed by atoms with Crippen LogP contribution in [0.1, 0.15) is 22.3 Å². The molecule has 3 N–H and O–H groups in total. The van der Waals surface area contributed by atoms with Crippen LogP contribution in [0.4, 0.5) is 11.4 Å². The Morgan fingerprint density at radius 1 is 0.583 bits per heavy atom. The van der Waals surface area contributed by atoms with Gasteiger partial charge in [0.1, 0.15) is 0 Å². The third-order valence-corrected chi connectivity index (χ3v) is 4.17. The van der Waals surface area contributed by atoms with Gasteiger partial charge in [-0.3, -0.25) is 0 Å². The number of rotatable bonds is 8. The van der Waals surface area contributed by atoms with Crippen molar-refractivity contribution in [2.24, 2.45) is 0 Å². The van der Waals surface area contributed by atoms with Crippen LogP contribution in [0.3, 0.4) is 0 Å². The van der Waals surface area contributed by atoms with Crippen molar-refractivity contribution in [2.75, 3.05) is 36.8 Å². The summed E-state index contributed by atoms with van der Waals surface area (Å²) >= 11 is 0. The minimum atomic E-state index is 0. The molecule has 0 bridgehead atoms. The molecule has 3 nitrogen and oxygen atoms in total. The van der Waals surface area contributed by atoms with E-state index in [1.807, 2.05) is 0 Å². The number of para-hydroxylation sites is 2. The second kappa shape index (κ2) is 10.4.